The maximum atomic E-state index is 12.8. The average Bonchev–Trinajstić information content (AvgIpc) is 3.20. The van der Waals surface area contributed by atoms with Gasteiger partial charge in [0.05, 0.1) is 0 Å². The van der Waals surface area contributed by atoms with Crippen LogP contribution in [0.15, 0.2) is 60.8 Å². The molecule has 0 saturated heterocycles. The van der Waals surface area contributed by atoms with Crippen molar-refractivity contribution in [3.05, 3.63) is 60.8 Å². The maximum absolute atomic E-state index is 12.8. The second-order valence-electron chi connectivity index (χ2n) is 16.0. The molecule has 1 atom stereocenters. The summed E-state index contributed by atoms with van der Waals surface area (Å²) in [5, 5.41) is 11.1. The molecular formula is C51H89NO5. The van der Waals surface area contributed by atoms with Crippen molar-refractivity contribution in [2.75, 3.05) is 6.54 Å². The lowest BCUT2D eigenvalue weighted by atomic mass is 10.0. The molecule has 0 bridgehead atoms. The highest BCUT2D eigenvalue weighted by molar-refractivity contribution is 5.80. The summed E-state index contributed by atoms with van der Waals surface area (Å²) < 4.78 is 6.05. The second kappa shape index (κ2) is 45.8. The minimum absolute atomic E-state index is 0.0140. The Bertz CT molecular complexity index is 1060. The number of nitrogens with one attached hydrogen (secondary N) is 1. The molecule has 1 unspecified atom stereocenters. The predicted molar refractivity (Wildman–Crippen MR) is 245 cm³/mol. The van der Waals surface area contributed by atoms with Crippen molar-refractivity contribution in [1.82, 2.24) is 5.32 Å². The lowest BCUT2D eigenvalue weighted by molar-refractivity contribution is -0.150. The molecule has 0 aliphatic rings. The number of carbonyl (C=O) groups excluding carboxylic acids is 2. The fraction of sp³-hybridized carbons (Fsp3) is 0.745. The van der Waals surface area contributed by atoms with E-state index < -0.39 is 5.97 Å². The fourth-order valence-corrected chi connectivity index (χ4v) is 6.95. The van der Waals surface area contributed by atoms with Crippen molar-refractivity contribution >= 4 is 17.8 Å². The summed E-state index contributed by atoms with van der Waals surface area (Å²) in [5.41, 5.74) is 0. The molecule has 57 heavy (non-hydrogen) atoms. The molecule has 0 aliphatic carbocycles. The van der Waals surface area contributed by atoms with Crippen molar-refractivity contribution < 1.29 is 24.2 Å². The molecule has 0 aromatic carbocycles. The Morgan fingerprint density at radius 1 is 0.474 bits per heavy atom. The number of esters is 1. The van der Waals surface area contributed by atoms with E-state index >= 15 is 0 Å². The molecule has 328 valence electrons. The third-order valence-corrected chi connectivity index (χ3v) is 10.5. The highest BCUT2D eigenvalue weighted by atomic mass is 16.5. The number of rotatable bonds is 43. The van der Waals surface area contributed by atoms with E-state index in [0.717, 1.165) is 103 Å². The van der Waals surface area contributed by atoms with E-state index in [1.807, 2.05) is 0 Å². The second-order valence-corrected chi connectivity index (χ2v) is 16.0. The first-order valence-electron chi connectivity index (χ1n) is 23.9. The summed E-state index contributed by atoms with van der Waals surface area (Å²) >= 11 is 0. The molecule has 2 N–H and O–H groups in total. The molecule has 0 aromatic heterocycles. The van der Waals surface area contributed by atoms with Crippen LogP contribution in [-0.4, -0.2) is 35.6 Å². The van der Waals surface area contributed by atoms with Crippen LogP contribution in [0.4, 0.5) is 0 Å². The van der Waals surface area contributed by atoms with E-state index in [1.165, 1.54) is 103 Å². The third kappa shape index (κ3) is 45.7. The van der Waals surface area contributed by atoms with Gasteiger partial charge in [0.1, 0.15) is 12.6 Å². The van der Waals surface area contributed by atoms with E-state index in [1.54, 1.807) is 0 Å². The molecule has 6 heteroatoms. The molecular weight excluding hydrogens is 707 g/mol. The SMILES string of the molecule is CC/C=C\C/C=C\C/C=C\C/C=C\C/C=C\CCCCCCCC(=O)OC(CCCCCCCCCCCCCCCC)CCCCCCCC(=O)NCC(=O)O. The zero-order chi connectivity index (χ0) is 41.5. The minimum Gasteiger partial charge on any atom is -0.480 e. The van der Waals surface area contributed by atoms with Crippen LogP contribution >= 0.6 is 0 Å². The van der Waals surface area contributed by atoms with Gasteiger partial charge in [-0.15, -0.1) is 0 Å². The van der Waals surface area contributed by atoms with Gasteiger partial charge in [-0.1, -0.05) is 197 Å². The highest BCUT2D eigenvalue weighted by Gasteiger charge is 2.14. The monoisotopic (exact) mass is 796 g/mol. The number of ether oxygens (including phenoxy) is 1. The number of hydrogen-bond donors (Lipinski definition) is 2. The minimum atomic E-state index is -1.02. The summed E-state index contributed by atoms with van der Waals surface area (Å²) in [6.45, 7) is 4.12. The topological polar surface area (TPSA) is 92.7 Å². The summed E-state index contributed by atoms with van der Waals surface area (Å²) in [7, 11) is 0. The quantitative estimate of drug-likeness (QED) is 0.0364. The van der Waals surface area contributed by atoms with E-state index in [4.69, 9.17) is 9.84 Å². The molecule has 0 fully saturated rings. The predicted octanol–water partition coefficient (Wildman–Crippen LogP) is 15.2. The first kappa shape index (κ1) is 54.1. The molecule has 1 amide bonds. The number of carboxylic acid groups (broad SMARTS) is 1. The first-order chi connectivity index (χ1) is 28.0. The van der Waals surface area contributed by atoms with Gasteiger partial charge in [0.2, 0.25) is 5.91 Å². The molecule has 6 nitrogen and oxygen atoms in total. The fourth-order valence-electron chi connectivity index (χ4n) is 6.95. The van der Waals surface area contributed by atoms with Crippen molar-refractivity contribution in [3.8, 4) is 0 Å². The van der Waals surface area contributed by atoms with Gasteiger partial charge in [-0.25, -0.2) is 0 Å². The van der Waals surface area contributed by atoms with Crippen LogP contribution in [0, 0.1) is 0 Å². The molecule has 0 radical (unpaired) electrons. The lowest BCUT2D eigenvalue weighted by Crippen LogP contribution is -2.28. The molecule has 0 saturated carbocycles. The number of aliphatic carboxylic acids is 1. The molecule has 0 spiro atoms. The van der Waals surface area contributed by atoms with Crippen LogP contribution in [-0.2, 0) is 19.1 Å². The summed E-state index contributed by atoms with van der Waals surface area (Å²) in [4.78, 5) is 35.2. The molecule has 0 aromatic rings. The van der Waals surface area contributed by atoms with Gasteiger partial charge in [-0.2, -0.15) is 0 Å². The van der Waals surface area contributed by atoms with E-state index in [0.29, 0.717) is 12.8 Å². The number of carboxylic acids is 1. The molecule has 0 rings (SSSR count). The standard InChI is InChI=1S/C51H89NO5/c1-3-5-7-9-11-13-15-17-19-20-21-22-23-24-25-27-29-31-33-38-42-46-51(56)57-48(44-40-36-34-37-41-45-49(53)52-47-50(54)55)43-39-35-32-30-28-26-18-16-14-12-10-8-6-4-2/h5,7,11,13,17,19,21-22,24-25,48H,3-4,6,8-10,12,14-16,18,20,23,26-47H2,1-2H3,(H,52,53)(H,54,55)/b7-5-,13-11-,19-17-,22-21-,25-24-. The van der Waals surface area contributed by atoms with Crippen molar-refractivity contribution in [2.24, 2.45) is 0 Å². The van der Waals surface area contributed by atoms with Gasteiger partial charge < -0.3 is 15.2 Å². The largest absolute Gasteiger partial charge is 0.480 e. The van der Waals surface area contributed by atoms with Gasteiger partial charge in [0.25, 0.3) is 0 Å². The third-order valence-electron chi connectivity index (χ3n) is 10.5. The van der Waals surface area contributed by atoms with Gasteiger partial charge in [0.15, 0.2) is 0 Å². The van der Waals surface area contributed by atoms with Crippen LogP contribution in [0.2, 0.25) is 0 Å². The lowest BCUT2D eigenvalue weighted by Gasteiger charge is -2.18. The van der Waals surface area contributed by atoms with Crippen molar-refractivity contribution in [2.45, 2.75) is 238 Å². The van der Waals surface area contributed by atoms with Gasteiger partial charge in [-0.05, 0) is 83.5 Å². The maximum Gasteiger partial charge on any atom is 0.322 e. The first-order valence-corrected chi connectivity index (χ1v) is 23.9. The van der Waals surface area contributed by atoms with Gasteiger partial charge in [-0.3, -0.25) is 14.4 Å². The Morgan fingerprint density at radius 2 is 0.860 bits per heavy atom. The van der Waals surface area contributed by atoms with Gasteiger partial charge in [0, 0.05) is 12.8 Å². The van der Waals surface area contributed by atoms with Crippen LogP contribution in [0.25, 0.3) is 0 Å². The normalized spacial score (nSPS) is 12.6. The zero-order valence-electron chi connectivity index (χ0n) is 37.2. The highest BCUT2D eigenvalue weighted by Crippen LogP contribution is 2.19. The van der Waals surface area contributed by atoms with Crippen LogP contribution in [0.1, 0.15) is 232 Å². The average molecular weight is 796 g/mol. The van der Waals surface area contributed by atoms with Crippen LogP contribution in [0.5, 0.6) is 0 Å². The zero-order valence-corrected chi connectivity index (χ0v) is 37.2. The summed E-state index contributed by atoms with van der Waals surface area (Å²) in [5.74, 6) is -1.24. The molecule has 0 heterocycles. The molecule has 0 aliphatic heterocycles. The smallest absolute Gasteiger partial charge is 0.322 e. The Morgan fingerprint density at radius 3 is 1.32 bits per heavy atom. The number of amides is 1. The Labute approximate surface area is 351 Å². The summed E-state index contributed by atoms with van der Waals surface area (Å²) in [6.07, 6.45) is 60.6. The summed E-state index contributed by atoms with van der Waals surface area (Å²) in [6, 6.07) is 0. The number of allylic oxidation sites excluding steroid dienone is 10. The van der Waals surface area contributed by atoms with Crippen molar-refractivity contribution in [3.63, 3.8) is 0 Å². The Balaban J connectivity index is 4.18. The van der Waals surface area contributed by atoms with Crippen LogP contribution in [0.3, 0.4) is 0 Å². The van der Waals surface area contributed by atoms with Gasteiger partial charge >= 0.3 is 11.9 Å². The Hall–Kier alpha value is -2.89. The van der Waals surface area contributed by atoms with E-state index in [9.17, 15) is 14.4 Å². The Kier molecular flexibility index (Phi) is 43.5. The van der Waals surface area contributed by atoms with E-state index in [-0.39, 0.29) is 24.5 Å². The van der Waals surface area contributed by atoms with Crippen molar-refractivity contribution in [1.29, 1.82) is 0 Å². The number of carbonyl (C=O) groups is 3. The number of unbranched alkanes of at least 4 members (excludes halogenated alkanes) is 22. The van der Waals surface area contributed by atoms with Crippen LogP contribution < -0.4 is 5.32 Å². The van der Waals surface area contributed by atoms with E-state index in [2.05, 4.69) is 79.9 Å². The number of hydrogen-bond acceptors (Lipinski definition) is 4.